The second-order valence-corrected chi connectivity index (χ2v) is 10.6. The zero-order valence-corrected chi connectivity index (χ0v) is 22.3. The number of benzene rings is 1. The van der Waals surface area contributed by atoms with Crippen molar-refractivity contribution in [2.45, 2.75) is 52.0 Å². The first-order valence-electron chi connectivity index (χ1n) is 13.1. The molecule has 2 aliphatic heterocycles. The summed E-state index contributed by atoms with van der Waals surface area (Å²) in [6.07, 6.45) is 8.18. The van der Waals surface area contributed by atoms with E-state index in [1.807, 2.05) is 40.6 Å². The van der Waals surface area contributed by atoms with Gasteiger partial charge in [-0.3, -0.25) is 0 Å². The Morgan fingerprint density at radius 2 is 1.86 bits per heavy atom. The van der Waals surface area contributed by atoms with Crippen LogP contribution >= 0.6 is 11.6 Å². The minimum atomic E-state index is 0.0984. The maximum Gasteiger partial charge on any atom is 0.238 e. The number of aromatic nitrogens is 6. The van der Waals surface area contributed by atoms with E-state index < -0.39 is 0 Å². The lowest BCUT2D eigenvalue weighted by Crippen LogP contribution is -2.32. The van der Waals surface area contributed by atoms with Crippen LogP contribution in [0.2, 0.25) is 5.02 Å². The fourth-order valence-corrected chi connectivity index (χ4v) is 5.72. The summed E-state index contributed by atoms with van der Waals surface area (Å²) >= 11 is 6.79. The summed E-state index contributed by atoms with van der Waals surface area (Å²) in [5.41, 5.74) is 4.82. The van der Waals surface area contributed by atoms with E-state index in [0.29, 0.717) is 17.4 Å². The third-order valence-corrected chi connectivity index (χ3v) is 7.98. The van der Waals surface area contributed by atoms with Crippen molar-refractivity contribution in [3.05, 3.63) is 65.0 Å². The average molecular weight is 518 g/mol. The quantitative estimate of drug-likeness (QED) is 0.340. The SMILES string of the molecule is COc1nc(-c2nc3n(n2)CCC[C@H]3c2cc(N3CCC(C)CC3)ccc2Cl)ccc1-n1cnc(C)c1. The number of rotatable bonds is 5. The summed E-state index contributed by atoms with van der Waals surface area (Å²) in [7, 11) is 1.62. The monoisotopic (exact) mass is 517 g/mol. The molecule has 0 spiro atoms. The van der Waals surface area contributed by atoms with Crippen molar-refractivity contribution in [1.29, 1.82) is 0 Å². The molecule has 6 rings (SSSR count). The molecule has 1 fully saturated rings. The highest BCUT2D eigenvalue weighted by Crippen LogP contribution is 2.39. The smallest absolute Gasteiger partial charge is 0.238 e. The van der Waals surface area contributed by atoms with Crippen LogP contribution in [0.3, 0.4) is 0 Å². The molecule has 3 aromatic heterocycles. The van der Waals surface area contributed by atoms with Gasteiger partial charge in [-0.25, -0.2) is 19.6 Å². The predicted octanol–water partition coefficient (Wildman–Crippen LogP) is 5.66. The Morgan fingerprint density at radius 3 is 2.62 bits per heavy atom. The largest absolute Gasteiger partial charge is 0.479 e. The minimum absolute atomic E-state index is 0.0984. The van der Waals surface area contributed by atoms with E-state index in [9.17, 15) is 0 Å². The van der Waals surface area contributed by atoms with Crippen LogP contribution in [0.25, 0.3) is 17.2 Å². The lowest BCUT2D eigenvalue weighted by molar-refractivity contribution is 0.396. The molecular weight excluding hydrogens is 486 g/mol. The van der Waals surface area contributed by atoms with Crippen LogP contribution in [0.15, 0.2) is 42.9 Å². The Labute approximate surface area is 222 Å². The number of hydrogen-bond donors (Lipinski definition) is 0. The second-order valence-electron chi connectivity index (χ2n) is 10.2. The van der Waals surface area contributed by atoms with Gasteiger partial charge in [-0.05, 0) is 74.4 Å². The zero-order valence-electron chi connectivity index (χ0n) is 21.6. The number of imidazole rings is 1. The van der Waals surface area contributed by atoms with Crippen molar-refractivity contribution in [3.63, 3.8) is 0 Å². The van der Waals surface area contributed by atoms with E-state index in [0.717, 1.165) is 66.2 Å². The van der Waals surface area contributed by atoms with Crippen LogP contribution < -0.4 is 9.64 Å². The molecule has 37 heavy (non-hydrogen) atoms. The van der Waals surface area contributed by atoms with Crippen LogP contribution in [0.1, 0.15) is 55.6 Å². The van der Waals surface area contributed by atoms with Crippen molar-refractivity contribution in [2.24, 2.45) is 5.92 Å². The fraction of sp³-hybridized carbons (Fsp3) is 0.429. The Balaban J connectivity index is 1.33. The Bertz CT molecular complexity index is 1420. The number of ether oxygens (including phenoxy) is 1. The van der Waals surface area contributed by atoms with E-state index in [-0.39, 0.29) is 5.92 Å². The molecule has 1 atom stereocenters. The standard InChI is InChI=1S/C28H32ClN7O/c1-18-10-13-34(14-11-18)20-6-7-23(29)22(15-20)21-5-4-12-36-27(21)32-26(33-36)24-8-9-25(28(31-24)37-3)35-16-19(2)30-17-35/h6-9,15-18,21H,4-5,10-14H2,1-3H3/t21-/m0/s1. The number of methoxy groups -OCH3 is 1. The third-order valence-electron chi connectivity index (χ3n) is 7.63. The topological polar surface area (TPSA) is 73.9 Å². The summed E-state index contributed by atoms with van der Waals surface area (Å²) in [6, 6.07) is 10.4. The van der Waals surface area contributed by atoms with Gasteiger partial charge in [-0.1, -0.05) is 18.5 Å². The van der Waals surface area contributed by atoms with Crippen LogP contribution in [-0.4, -0.2) is 49.5 Å². The van der Waals surface area contributed by atoms with Gasteiger partial charge in [0.15, 0.2) is 5.82 Å². The molecule has 0 radical (unpaired) electrons. The number of halogens is 1. The van der Waals surface area contributed by atoms with Crippen molar-refractivity contribution < 1.29 is 4.74 Å². The van der Waals surface area contributed by atoms with Crippen LogP contribution in [0, 0.1) is 12.8 Å². The number of fused-ring (bicyclic) bond motifs is 1. The summed E-state index contributed by atoms with van der Waals surface area (Å²) in [4.78, 5) is 16.5. The Morgan fingerprint density at radius 1 is 1.03 bits per heavy atom. The number of anilines is 1. The van der Waals surface area contributed by atoms with E-state index in [2.05, 4.69) is 28.9 Å². The molecule has 192 valence electrons. The predicted molar refractivity (Wildman–Crippen MR) is 145 cm³/mol. The molecule has 9 heteroatoms. The number of hydrogen-bond acceptors (Lipinski definition) is 6. The molecule has 4 aromatic rings. The number of nitrogens with zero attached hydrogens (tertiary/aromatic N) is 7. The summed E-state index contributed by atoms with van der Waals surface area (Å²) in [5.74, 6) is 2.95. The van der Waals surface area contributed by atoms with Gasteiger partial charge in [-0.15, -0.1) is 5.10 Å². The molecule has 0 amide bonds. The van der Waals surface area contributed by atoms with Gasteiger partial charge in [0.05, 0.1) is 19.1 Å². The summed E-state index contributed by atoms with van der Waals surface area (Å²) in [6.45, 7) is 7.32. The molecular formula is C28H32ClN7O. The lowest BCUT2D eigenvalue weighted by Gasteiger charge is -2.33. The first-order chi connectivity index (χ1) is 18.0. The summed E-state index contributed by atoms with van der Waals surface area (Å²) in [5, 5.41) is 5.63. The van der Waals surface area contributed by atoms with E-state index in [4.69, 9.17) is 31.4 Å². The molecule has 1 aromatic carbocycles. The molecule has 0 bridgehead atoms. The van der Waals surface area contributed by atoms with E-state index >= 15 is 0 Å². The minimum Gasteiger partial charge on any atom is -0.479 e. The van der Waals surface area contributed by atoms with Gasteiger partial charge in [0.2, 0.25) is 5.88 Å². The van der Waals surface area contributed by atoms with Gasteiger partial charge in [0.1, 0.15) is 17.2 Å². The highest BCUT2D eigenvalue weighted by molar-refractivity contribution is 6.31. The van der Waals surface area contributed by atoms with E-state index in [1.54, 1.807) is 13.4 Å². The maximum atomic E-state index is 6.79. The Hall–Kier alpha value is -3.39. The molecule has 0 saturated carbocycles. The van der Waals surface area contributed by atoms with Gasteiger partial charge < -0.3 is 14.2 Å². The van der Waals surface area contributed by atoms with Gasteiger partial charge >= 0.3 is 0 Å². The zero-order chi connectivity index (χ0) is 25.5. The molecule has 1 saturated heterocycles. The molecule has 0 aliphatic carbocycles. The van der Waals surface area contributed by atoms with Crippen molar-refractivity contribution in [2.75, 3.05) is 25.1 Å². The molecule has 0 unspecified atom stereocenters. The van der Waals surface area contributed by atoms with Crippen molar-refractivity contribution in [3.8, 4) is 23.1 Å². The second kappa shape index (κ2) is 9.82. The highest BCUT2D eigenvalue weighted by atomic mass is 35.5. The van der Waals surface area contributed by atoms with Gasteiger partial charge in [0.25, 0.3) is 0 Å². The lowest BCUT2D eigenvalue weighted by atomic mass is 9.90. The Kier molecular flexibility index (Phi) is 6.36. The molecule has 2 aliphatic rings. The van der Waals surface area contributed by atoms with E-state index in [1.165, 1.54) is 18.5 Å². The number of pyridine rings is 1. The van der Waals surface area contributed by atoms with Crippen LogP contribution in [0.5, 0.6) is 5.88 Å². The maximum absolute atomic E-state index is 6.79. The molecule has 5 heterocycles. The molecule has 8 nitrogen and oxygen atoms in total. The van der Waals surface area contributed by atoms with Crippen LogP contribution in [-0.2, 0) is 6.54 Å². The number of aryl methyl sites for hydroxylation is 2. The van der Waals surface area contributed by atoms with Crippen molar-refractivity contribution >= 4 is 17.3 Å². The first kappa shape index (κ1) is 24.0. The fourth-order valence-electron chi connectivity index (χ4n) is 5.47. The summed E-state index contributed by atoms with van der Waals surface area (Å²) < 4.78 is 9.54. The van der Waals surface area contributed by atoms with Gasteiger partial charge in [-0.2, -0.15) is 0 Å². The van der Waals surface area contributed by atoms with Crippen molar-refractivity contribution in [1.82, 2.24) is 29.3 Å². The number of piperidine rings is 1. The third kappa shape index (κ3) is 4.59. The van der Waals surface area contributed by atoms with Crippen LogP contribution in [0.4, 0.5) is 5.69 Å². The normalized spacial score (nSPS) is 18.2. The highest BCUT2D eigenvalue weighted by Gasteiger charge is 2.29. The average Bonchev–Trinajstić information content (AvgIpc) is 3.55. The molecule has 0 N–H and O–H groups in total. The van der Waals surface area contributed by atoms with Gasteiger partial charge in [0, 0.05) is 42.5 Å². The first-order valence-corrected chi connectivity index (χ1v) is 13.4.